The lowest BCUT2D eigenvalue weighted by Crippen LogP contribution is -2.31. The second kappa shape index (κ2) is 6.45. The first-order chi connectivity index (χ1) is 11.1. The summed E-state index contributed by atoms with van der Waals surface area (Å²) in [5, 5.41) is 0. The van der Waals surface area contributed by atoms with Crippen molar-refractivity contribution in [2.24, 2.45) is 0 Å². The SMILES string of the molecule is COc1cccc(C2CCCN2C(=O)c2cccc(C)c2C)c1. The van der Waals surface area contributed by atoms with E-state index in [0.29, 0.717) is 0 Å². The molecular formula is C20H23NO2. The molecule has 1 saturated heterocycles. The number of rotatable bonds is 3. The Bertz CT molecular complexity index is 723. The molecule has 0 aliphatic carbocycles. The minimum atomic E-state index is 0.136. The standard InChI is InChI=1S/C20H23NO2/c1-14-7-4-10-18(15(14)2)20(22)21-12-6-11-19(21)16-8-5-9-17(13-16)23-3/h4-5,7-10,13,19H,6,11-12H2,1-3H3. The highest BCUT2D eigenvalue weighted by atomic mass is 16.5. The molecule has 0 aromatic heterocycles. The van der Waals surface area contributed by atoms with Crippen molar-refractivity contribution in [3.63, 3.8) is 0 Å². The van der Waals surface area contributed by atoms with Gasteiger partial charge in [-0.25, -0.2) is 0 Å². The maximum absolute atomic E-state index is 13.1. The molecule has 1 aliphatic rings. The van der Waals surface area contributed by atoms with Gasteiger partial charge in [0.1, 0.15) is 5.75 Å². The number of carbonyl (C=O) groups excluding carboxylic acids is 1. The highest BCUT2D eigenvalue weighted by Crippen LogP contribution is 2.35. The van der Waals surface area contributed by atoms with Crippen molar-refractivity contribution < 1.29 is 9.53 Å². The van der Waals surface area contributed by atoms with Gasteiger partial charge in [0.05, 0.1) is 13.2 Å². The van der Waals surface area contributed by atoms with Crippen molar-refractivity contribution in [2.75, 3.05) is 13.7 Å². The molecule has 0 N–H and O–H groups in total. The van der Waals surface area contributed by atoms with E-state index in [9.17, 15) is 4.79 Å². The number of ether oxygens (including phenoxy) is 1. The van der Waals surface area contributed by atoms with Crippen LogP contribution in [-0.2, 0) is 0 Å². The second-order valence-electron chi connectivity index (χ2n) is 6.18. The fourth-order valence-corrected chi connectivity index (χ4v) is 3.34. The van der Waals surface area contributed by atoms with Crippen LogP contribution in [0.1, 0.15) is 45.9 Å². The van der Waals surface area contributed by atoms with E-state index in [2.05, 4.69) is 19.1 Å². The molecule has 0 spiro atoms. The lowest BCUT2D eigenvalue weighted by molar-refractivity contribution is 0.0734. The zero-order valence-corrected chi connectivity index (χ0v) is 14.0. The lowest BCUT2D eigenvalue weighted by atomic mass is 10.0. The fourth-order valence-electron chi connectivity index (χ4n) is 3.34. The van der Waals surface area contributed by atoms with Crippen molar-refractivity contribution in [1.82, 2.24) is 4.90 Å². The summed E-state index contributed by atoms with van der Waals surface area (Å²) in [6.07, 6.45) is 2.04. The molecule has 23 heavy (non-hydrogen) atoms. The Kier molecular flexibility index (Phi) is 4.37. The summed E-state index contributed by atoms with van der Waals surface area (Å²) in [4.78, 5) is 15.1. The molecule has 0 saturated carbocycles. The quantitative estimate of drug-likeness (QED) is 0.846. The zero-order chi connectivity index (χ0) is 16.4. The molecule has 3 heteroatoms. The van der Waals surface area contributed by atoms with Crippen LogP contribution in [0.4, 0.5) is 0 Å². The number of nitrogens with zero attached hydrogens (tertiary/aromatic N) is 1. The molecule has 1 aliphatic heterocycles. The molecule has 3 nitrogen and oxygen atoms in total. The Morgan fingerprint density at radius 2 is 1.96 bits per heavy atom. The molecule has 120 valence electrons. The highest BCUT2D eigenvalue weighted by molar-refractivity contribution is 5.96. The summed E-state index contributed by atoms with van der Waals surface area (Å²) in [6.45, 7) is 4.89. The molecule has 2 aromatic carbocycles. The number of benzene rings is 2. The van der Waals surface area contributed by atoms with Crippen LogP contribution in [0.2, 0.25) is 0 Å². The number of likely N-dealkylation sites (tertiary alicyclic amines) is 1. The van der Waals surface area contributed by atoms with Gasteiger partial charge in [-0.2, -0.15) is 0 Å². The maximum Gasteiger partial charge on any atom is 0.254 e. The Hall–Kier alpha value is -2.29. The molecule has 0 radical (unpaired) electrons. The van der Waals surface area contributed by atoms with Crippen LogP contribution in [0.3, 0.4) is 0 Å². The summed E-state index contributed by atoms with van der Waals surface area (Å²) in [5.41, 5.74) is 4.21. The molecule has 1 atom stereocenters. The number of hydrogen-bond donors (Lipinski definition) is 0. The molecule has 0 bridgehead atoms. The average Bonchev–Trinajstić information content (AvgIpc) is 3.06. The largest absolute Gasteiger partial charge is 0.497 e. The molecular weight excluding hydrogens is 286 g/mol. The predicted octanol–water partition coefficient (Wildman–Crippen LogP) is 4.29. The monoisotopic (exact) mass is 309 g/mol. The predicted molar refractivity (Wildman–Crippen MR) is 91.9 cm³/mol. The second-order valence-corrected chi connectivity index (χ2v) is 6.18. The van der Waals surface area contributed by atoms with Crippen LogP contribution in [-0.4, -0.2) is 24.5 Å². The number of aryl methyl sites for hydroxylation is 1. The normalized spacial score (nSPS) is 17.3. The minimum Gasteiger partial charge on any atom is -0.497 e. The topological polar surface area (TPSA) is 29.5 Å². The van der Waals surface area contributed by atoms with Gasteiger partial charge in [0.2, 0.25) is 0 Å². The van der Waals surface area contributed by atoms with E-state index in [1.165, 1.54) is 0 Å². The van der Waals surface area contributed by atoms with Gasteiger partial charge in [0.25, 0.3) is 5.91 Å². The Balaban J connectivity index is 1.92. The van der Waals surface area contributed by atoms with Crippen molar-refractivity contribution in [2.45, 2.75) is 32.7 Å². The van der Waals surface area contributed by atoms with E-state index in [4.69, 9.17) is 4.74 Å². The van der Waals surface area contributed by atoms with Gasteiger partial charge in [-0.3, -0.25) is 4.79 Å². The van der Waals surface area contributed by atoms with Gasteiger partial charge in [0.15, 0.2) is 0 Å². The van der Waals surface area contributed by atoms with Crippen LogP contribution in [0.5, 0.6) is 5.75 Å². The number of hydrogen-bond acceptors (Lipinski definition) is 2. The van der Waals surface area contributed by atoms with Gasteiger partial charge in [0, 0.05) is 12.1 Å². The van der Waals surface area contributed by atoms with Crippen LogP contribution in [0.25, 0.3) is 0 Å². The molecule has 1 unspecified atom stereocenters. The van der Waals surface area contributed by atoms with Crippen LogP contribution >= 0.6 is 0 Å². The van der Waals surface area contributed by atoms with Crippen LogP contribution < -0.4 is 4.74 Å². The van der Waals surface area contributed by atoms with Gasteiger partial charge in [-0.15, -0.1) is 0 Å². The Morgan fingerprint density at radius 1 is 1.17 bits per heavy atom. The van der Waals surface area contributed by atoms with Gasteiger partial charge in [-0.1, -0.05) is 24.3 Å². The van der Waals surface area contributed by atoms with Crippen LogP contribution in [0.15, 0.2) is 42.5 Å². The first-order valence-corrected chi connectivity index (χ1v) is 8.13. The summed E-state index contributed by atoms with van der Waals surface area (Å²) >= 11 is 0. The van der Waals surface area contributed by atoms with E-state index in [-0.39, 0.29) is 11.9 Å². The van der Waals surface area contributed by atoms with Gasteiger partial charge < -0.3 is 9.64 Å². The third kappa shape index (κ3) is 2.96. The van der Waals surface area contributed by atoms with Crippen molar-refractivity contribution in [3.05, 3.63) is 64.7 Å². The summed E-state index contributed by atoms with van der Waals surface area (Å²) in [7, 11) is 1.67. The fraction of sp³-hybridized carbons (Fsp3) is 0.350. The molecule has 1 fully saturated rings. The summed E-state index contributed by atoms with van der Waals surface area (Å²) in [5.74, 6) is 0.977. The van der Waals surface area contributed by atoms with E-state index in [0.717, 1.165) is 47.4 Å². The van der Waals surface area contributed by atoms with Crippen molar-refractivity contribution in [1.29, 1.82) is 0 Å². The summed E-state index contributed by atoms with van der Waals surface area (Å²) < 4.78 is 5.33. The third-order valence-corrected chi connectivity index (χ3v) is 4.83. The molecule has 3 rings (SSSR count). The summed E-state index contributed by atoms with van der Waals surface area (Å²) in [6, 6.07) is 14.1. The minimum absolute atomic E-state index is 0.136. The molecule has 2 aromatic rings. The molecule has 1 heterocycles. The third-order valence-electron chi connectivity index (χ3n) is 4.83. The number of carbonyl (C=O) groups is 1. The van der Waals surface area contributed by atoms with E-state index in [1.807, 2.05) is 42.2 Å². The van der Waals surface area contributed by atoms with E-state index >= 15 is 0 Å². The smallest absolute Gasteiger partial charge is 0.254 e. The number of amides is 1. The van der Waals surface area contributed by atoms with E-state index < -0.39 is 0 Å². The first kappa shape index (κ1) is 15.6. The zero-order valence-electron chi connectivity index (χ0n) is 14.0. The number of methoxy groups -OCH3 is 1. The van der Waals surface area contributed by atoms with Gasteiger partial charge in [-0.05, 0) is 61.6 Å². The van der Waals surface area contributed by atoms with E-state index in [1.54, 1.807) is 7.11 Å². The molecule has 1 amide bonds. The van der Waals surface area contributed by atoms with Crippen molar-refractivity contribution >= 4 is 5.91 Å². The highest BCUT2D eigenvalue weighted by Gasteiger charge is 2.31. The van der Waals surface area contributed by atoms with Crippen molar-refractivity contribution in [3.8, 4) is 5.75 Å². The van der Waals surface area contributed by atoms with Gasteiger partial charge >= 0.3 is 0 Å². The first-order valence-electron chi connectivity index (χ1n) is 8.13. The maximum atomic E-state index is 13.1. The lowest BCUT2D eigenvalue weighted by Gasteiger charge is -2.26. The Labute approximate surface area is 137 Å². The Morgan fingerprint density at radius 3 is 2.74 bits per heavy atom. The average molecular weight is 309 g/mol. The van der Waals surface area contributed by atoms with Crippen LogP contribution in [0, 0.1) is 13.8 Å².